The third-order valence-corrected chi connectivity index (χ3v) is 9.83. The highest BCUT2D eigenvalue weighted by atomic mass is 35.5. The van der Waals surface area contributed by atoms with Crippen LogP contribution in [0.1, 0.15) is 42.9 Å². The number of nitrogens with one attached hydrogen (secondary N) is 2. The maximum Gasteiger partial charge on any atom is 0.326 e. The monoisotopic (exact) mass is 632 g/mol. The molecule has 2 aliphatic heterocycles. The number of urea groups is 1. The van der Waals surface area contributed by atoms with Gasteiger partial charge in [0.25, 0.3) is 0 Å². The summed E-state index contributed by atoms with van der Waals surface area (Å²) < 4.78 is 1.78. The molecule has 2 fully saturated rings. The van der Waals surface area contributed by atoms with Gasteiger partial charge in [-0.05, 0) is 70.0 Å². The number of likely N-dealkylation sites (tertiary alicyclic amines) is 2. The number of fused-ring (bicyclic) bond motifs is 3. The molecular weight excluding hydrogens is 592 g/mol. The fourth-order valence-corrected chi connectivity index (χ4v) is 7.14. The number of aromatic nitrogens is 3. The molecule has 4 aromatic rings. The van der Waals surface area contributed by atoms with E-state index in [0.29, 0.717) is 62.2 Å². The summed E-state index contributed by atoms with van der Waals surface area (Å²) in [5.74, 6) is -0.0916. The van der Waals surface area contributed by atoms with E-state index in [1.807, 2.05) is 42.2 Å². The first-order valence-electron chi connectivity index (χ1n) is 15.6. The third-order valence-electron chi connectivity index (χ3n) is 9.52. The van der Waals surface area contributed by atoms with Gasteiger partial charge in [0.15, 0.2) is 0 Å². The lowest BCUT2D eigenvalue weighted by Gasteiger charge is -2.38. The number of aromatic amines is 1. The topological polar surface area (TPSA) is 133 Å². The number of imidazole rings is 1. The normalized spacial score (nSPS) is 17.4. The summed E-state index contributed by atoms with van der Waals surface area (Å²) in [6, 6.07) is 10.8. The zero-order chi connectivity index (χ0) is 31.8. The van der Waals surface area contributed by atoms with Crippen LogP contribution in [-0.2, 0) is 11.2 Å². The van der Waals surface area contributed by atoms with Gasteiger partial charge in [-0.3, -0.25) is 14.3 Å². The van der Waals surface area contributed by atoms with Crippen molar-refractivity contribution in [1.82, 2.24) is 34.6 Å². The fraction of sp³-hybridized carbons (Fsp3) is 0.455. The highest BCUT2D eigenvalue weighted by Gasteiger charge is 2.33. The number of anilines is 1. The summed E-state index contributed by atoms with van der Waals surface area (Å²) >= 11 is 6.39. The summed E-state index contributed by atoms with van der Waals surface area (Å²) in [4.78, 5) is 54.0. The largest absolute Gasteiger partial charge is 0.397 e. The van der Waals surface area contributed by atoms with E-state index in [9.17, 15) is 14.4 Å². The van der Waals surface area contributed by atoms with E-state index >= 15 is 0 Å². The number of halogens is 1. The molecular formula is C33H41ClN8O3. The molecule has 45 heavy (non-hydrogen) atoms. The quantitative estimate of drug-likeness (QED) is 0.276. The van der Waals surface area contributed by atoms with Crippen molar-refractivity contribution in [2.45, 2.75) is 57.2 Å². The van der Waals surface area contributed by atoms with E-state index in [4.69, 9.17) is 17.3 Å². The van der Waals surface area contributed by atoms with Crippen molar-refractivity contribution >= 4 is 51.2 Å². The minimum atomic E-state index is -0.749. The van der Waals surface area contributed by atoms with Crippen molar-refractivity contribution in [1.29, 1.82) is 0 Å². The van der Waals surface area contributed by atoms with Crippen LogP contribution in [0, 0.1) is 6.92 Å². The molecule has 6 rings (SSSR count). The number of para-hydroxylation sites is 1. The molecule has 11 nitrogen and oxygen atoms in total. The number of nitrogens with two attached hydrogens (primary N) is 1. The maximum atomic E-state index is 13.9. The van der Waals surface area contributed by atoms with Gasteiger partial charge in [-0.15, -0.1) is 0 Å². The highest BCUT2D eigenvalue weighted by Crippen LogP contribution is 2.29. The number of benzene rings is 2. The molecule has 4 heterocycles. The molecule has 2 aromatic heterocycles. The molecule has 238 valence electrons. The zero-order valence-corrected chi connectivity index (χ0v) is 26.8. The lowest BCUT2D eigenvalue weighted by Crippen LogP contribution is -2.56. The van der Waals surface area contributed by atoms with Crippen molar-refractivity contribution in [2.24, 2.45) is 0 Å². The fourth-order valence-electron chi connectivity index (χ4n) is 6.85. The van der Waals surface area contributed by atoms with Crippen LogP contribution in [0.25, 0.3) is 21.9 Å². The molecule has 0 bridgehead atoms. The molecule has 2 aliphatic rings. The lowest BCUT2D eigenvalue weighted by atomic mass is 9.99. The number of nitrogens with zero attached hydrogens (tertiary/aromatic N) is 5. The second-order valence-electron chi connectivity index (χ2n) is 12.6. The second kappa shape index (κ2) is 12.7. The van der Waals surface area contributed by atoms with Crippen LogP contribution in [0.4, 0.5) is 10.5 Å². The summed E-state index contributed by atoms with van der Waals surface area (Å²) in [6.45, 7) is 4.08. The Kier molecular flexibility index (Phi) is 8.74. The average molecular weight is 633 g/mol. The smallest absolute Gasteiger partial charge is 0.326 e. The van der Waals surface area contributed by atoms with Crippen molar-refractivity contribution in [3.05, 3.63) is 69.2 Å². The van der Waals surface area contributed by atoms with Gasteiger partial charge >= 0.3 is 11.7 Å². The third kappa shape index (κ3) is 6.24. The van der Waals surface area contributed by atoms with Gasteiger partial charge in [-0.1, -0.05) is 35.9 Å². The predicted octanol–water partition coefficient (Wildman–Crippen LogP) is 3.93. The Morgan fingerprint density at radius 2 is 1.78 bits per heavy atom. The van der Waals surface area contributed by atoms with Gasteiger partial charge < -0.3 is 30.7 Å². The van der Waals surface area contributed by atoms with Gasteiger partial charge in [0.05, 0.1) is 33.5 Å². The molecule has 0 unspecified atom stereocenters. The van der Waals surface area contributed by atoms with Gasteiger partial charge in [0.1, 0.15) is 6.04 Å². The Labute approximate surface area is 267 Å². The summed E-state index contributed by atoms with van der Waals surface area (Å²) in [5, 5.41) is 4.40. The summed E-state index contributed by atoms with van der Waals surface area (Å²) in [7, 11) is 4.13. The summed E-state index contributed by atoms with van der Waals surface area (Å²) in [6.07, 6.45) is 5.04. The van der Waals surface area contributed by atoms with E-state index in [2.05, 4.69) is 34.3 Å². The van der Waals surface area contributed by atoms with Crippen LogP contribution in [0.3, 0.4) is 0 Å². The van der Waals surface area contributed by atoms with Crippen LogP contribution in [0.5, 0.6) is 0 Å². The predicted molar refractivity (Wildman–Crippen MR) is 178 cm³/mol. The Bertz CT molecular complexity index is 1760. The van der Waals surface area contributed by atoms with Gasteiger partial charge in [-0.25, -0.2) is 9.59 Å². The van der Waals surface area contributed by atoms with Crippen molar-refractivity contribution in [3.63, 3.8) is 0 Å². The van der Waals surface area contributed by atoms with Crippen LogP contribution >= 0.6 is 11.6 Å². The number of amides is 3. The molecule has 12 heteroatoms. The number of carbonyl (C=O) groups is 2. The molecule has 3 amide bonds. The minimum absolute atomic E-state index is 0.0754. The minimum Gasteiger partial charge on any atom is -0.397 e. The van der Waals surface area contributed by atoms with E-state index in [-0.39, 0.29) is 23.7 Å². The number of piperidine rings is 2. The Hall–Kier alpha value is -4.09. The molecule has 2 saturated heterocycles. The molecule has 1 atom stereocenters. The van der Waals surface area contributed by atoms with Gasteiger partial charge in [0.2, 0.25) is 5.91 Å². The zero-order valence-electron chi connectivity index (χ0n) is 26.1. The second-order valence-corrected chi connectivity index (χ2v) is 13.0. The Morgan fingerprint density at radius 3 is 2.47 bits per heavy atom. The van der Waals surface area contributed by atoms with E-state index in [1.165, 1.54) is 0 Å². The molecule has 2 aromatic carbocycles. The van der Waals surface area contributed by atoms with Crippen molar-refractivity contribution in [2.75, 3.05) is 46.0 Å². The van der Waals surface area contributed by atoms with E-state index < -0.39 is 6.04 Å². The SMILES string of the molecule is Cc1cc(C[C@@H](NC(=O)N2CCC(n3c(=O)[nH]c4c5ccccc5ncc43)CC2)C(=O)N2CCC(N(C)C)CC2)cc(Cl)c1N. The number of hydrogen-bond acceptors (Lipinski definition) is 6. The number of rotatable bonds is 6. The Morgan fingerprint density at radius 1 is 1.09 bits per heavy atom. The Balaban J connectivity index is 1.16. The number of pyridine rings is 1. The molecule has 4 N–H and O–H groups in total. The number of nitrogen functional groups attached to an aromatic ring is 1. The average Bonchev–Trinajstić information content (AvgIpc) is 3.39. The van der Waals surface area contributed by atoms with Crippen LogP contribution in [-0.4, -0.2) is 93.5 Å². The van der Waals surface area contributed by atoms with Crippen LogP contribution < -0.4 is 16.7 Å². The number of H-pyrrole nitrogens is 1. The maximum absolute atomic E-state index is 13.9. The highest BCUT2D eigenvalue weighted by molar-refractivity contribution is 6.33. The molecule has 0 spiro atoms. The first kappa shape index (κ1) is 30.9. The molecule has 0 radical (unpaired) electrons. The van der Waals surface area contributed by atoms with Crippen LogP contribution in [0.15, 0.2) is 47.4 Å². The van der Waals surface area contributed by atoms with Crippen molar-refractivity contribution < 1.29 is 9.59 Å². The van der Waals surface area contributed by atoms with Crippen molar-refractivity contribution in [3.8, 4) is 0 Å². The number of carbonyl (C=O) groups excluding carboxylic acids is 2. The standard InChI is InChI=1S/C33H41ClN8O3/c1-20-16-21(17-25(34)29(20)35)18-27(31(43)40-12-8-22(9-13-40)39(2)3)37-32(44)41-14-10-23(11-15-41)42-28-19-36-26-7-5-4-6-24(26)30(28)38-33(42)45/h4-7,16-17,19,22-23,27H,8-15,18,35H2,1-3H3,(H,37,44)(H,38,45)/t27-/m1/s1. The number of hydrogen-bond donors (Lipinski definition) is 3. The molecule has 0 saturated carbocycles. The van der Waals surface area contributed by atoms with Gasteiger partial charge in [-0.2, -0.15) is 0 Å². The summed E-state index contributed by atoms with van der Waals surface area (Å²) in [5.41, 5.74) is 10.5. The van der Waals surface area contributed by atoms with E-state index in [1.54, 1.807) is 21.7 Å². The first-order valence-corrected chi connectivity index (χ1v) is 16.0. The number of aryl methyl sites for hydroxylation is 1. The van der Waals surface area contributed by atoms with Gasteiger partial charge in [0, 0.05) is 50.1 Å². The first-order chi connectivity index (χ1) is 21.6. The van der Waals surface area contributed by atoms with E-state index in [0.717, 1.165) is 45.9 Å². The molecule has 0 aliphatic carbocycles. The lowest BCUT2D eigenvalue weighted by molar-refractivity contribution is -0.134. The van der Waals surface area contributed by atoms with Crippen LogP contribution in [0.2, 0.25) is 5.02 Å².